The molecule has 1 heterocycles. The Balaban J connectivity index is 2.00. The minimum absolute atomic E-state index is 0.355. The lowest BCUT2D eigenvalue weighted by Gasteiger charge is -2.09. The third-order valence-corrected chi connectivity index (χ3v) is 3.04. The summed E-state index contributed by atoms with van der Waals surface area (Å²) in [6.07, 6.45) is 2.04. The van der Waals surface area contributed by atoms with E-state index in [9.17, 15) is 4.79 Å². The predicted octanol–water partition coefficient (Wildman–Crippen LogP) is 2.62. The molecule has 1 aromatic carbocycles. The SMILES string of the molecule is Cc1c(C#N)cccc1NC(=O)Nc1ccn(CCC#N)n1. The first-order valence-electron chi connectivity index (χ1n) is 6.62. The van der Waals surface area contributed by atoms with Crippen LogP contribution in [0.3, 0.4) is 0 Å². The maximum Gasteiger partial charge on any atom is 0.324 e. The molecule has 1 aromatic heterocycles. The van der Waals surface area contributed by atoms with E-state index in [4.69, 9.17) is 10.5 Å². The van der Waals surface area contributed by atoms with E-state index in [1.807, 2.05) is 6.07 Å². The molecule has 0 saturated carbocycles. The molecule has 0 aliphatic heterocycles. The average Bonchev–Trinajstić information content (AvgIpc) is 2.94. The van der Waals surface area contributed by atoms with Crippen molar-refractivity contribution in [2.75, 3.05) is 10.6 Å². The van der Waals surface area contributed by atoms with E-state index in [0.717, 1.165) is 0 Å². The number of rotatable bonds is 4. The van der Waals surface area contributed by atoms with Crippen LogP contribution in [0.2, 0.25) is 0 Å². The highest BCUT2D eigenvalue weighted by molar-refractivity contribution is 5.99. The lowest BCUT2D eigenvalue weighted by Crippen LogP contribution is -2.20. The molecule has 2 amide bonds. The molecule has 7 heteroatoms. The van der Waals surface area contributed by atoms with Gasteiger partial charge in [-0.05, 0) is 24.6 Å². The lowest BCUT2D eigenvalue weighted by molar-refractivity contribution is 0.262. The van der Waals surface area contributed by atoms with Crippen molar-refractivity contribution >= 4 is 17.5 Å². The first-order chi connectivity index (χ1) is 10.6. The highest BCUT2D eigenvalue weighted by atomic mass is 16.2. The Morgan fingerprint density at radius 2 is 2.14 bits per heavy atom. The maximum atomic E-state index is 12.0. The normalized spacial score (nSPS) is 9.59. The van der Waals surface area contributed by atoms with Gasteiger partial charge in [0.15, 0.2) is 5.82 Å². The Hall–Kier alpha value is -3.32. The summed E-state index contributed by atoms with van der Waals surface area (Å²) in [4.78, 5) is 12.0. The van der Waals surface area contributed by atoms with Gasteiger partial charge >= 0.3 is 6.03 Å². The second-order valence-electron chi connectivity index (χ2n) is 4.54. The van der Waals surface area contributed by atoms with Crippen molar-refractivity contribution in [1.29, 1.82) is 10.5 Å². The second kappa shape index (κ2) is 6.91. The van der Waals surface area contributed by atoms with Crippen LogP contribution < -0.4 is 10.6 Å². The molecule has 0 aliphatic rings. The van der Waals surface area contributed by atoms with E-state index < -0.39 is 6.03 Å². The highest BCUT2D eigenvalue weighted by Crippen LogP contribution is 2.18. The molecule has 0 fully saturated rings. The van der Waals surface area contributed by atoms with Crippen LogP contribution in [0.25, 0.3) is 0 Å². The molecule has 0 bridgehead atoms. The molecule has 2 N–H and O–H groups in total. The van der Waals surface area contributed by atoms with Crippen molar-refractivity contribution in [2.24, 2.45) is 0 Å². The third kappa shape index (κ3) is 3.62. The fraction of sp³-hybridized carbons (Fsp3) is 0.200. The Labute approximate surface area is 127 Å². The van der Waals surface area contributed by atoms with Gasteiger partial charge in [0.25, 0.3) is 0 Å². The zero-order valence-electron chi connectivity index (χ0n) is 12.0. The van der Waals surface area contributed by atoms with E-state index in [0.29, 0.717) is 35.6 Å². The average molecular weight is 294 g/mol. The van der Waals surface area contributed by atoms with Crippen LogP contribution in [-0.2, 0) is 6.54 Å². The highest BCUT2D eigenvalue weighted by Gasteiger charge is 2.08. The predicted molar refractivity (Wildman–Crippen MR) is 81.0 cm³/mol. The number of hydrogen-bond donors (Lipinski definition) is 2. The van der Waals surface area contributed by atoms with E-state index in [-0.39, 0.29) is 0 Å². The van der Waals surface area contributed by atoms with Crippen molar-refractivity contribution in [2.45, 2.75) is 19.9 Å². The molecule has 7 nitrogen and oxygen atoms in total. The number of carbonyl (C=O) groups is 1. The maximum absolute atomic E-state index is 12.0. The molecular formula is C15H14N6O. The van der Waals surface area contributed by atoms with Crippen molar-refractivity contribution in [3.63, 3.8) is 0 Å². The molecule has 0 unspecified atom stereocenters. The van der Waals surface area contributed by atoms with Crippen LogP contribution in [-0.4, -0.2) is 15.8 Å². The summed E-state index contributed by atoms with van der Waals surface area (Å²) in [6, 6.07) is 10.4. The number of benzene rings is 1. The number of aromatic nitrogens is 2. The molecule has 0 atom stereocenters. The Bertz CT molecular complexity index is 765. The zero-order valence-corrected chi connectivity index (χ0v) is 12.0. The summed E-state index contributed by atoms with van der Waals surface area (Å²) in [7, 11) is 0. The molecule has 22 heavy (non-hydrogen) atoms. The smallest absolute Gasteiger partial charge is 0.307 e. The van der Waals surface area contributed by atoms with Gasteiger partial charge in [0.05, 0.1) is 30.7 Å². The topological polar surface area (TPSA) is 107 Å². The van der Waals surface area contributed by atoms with E-state index in [1.165, 1.54) is 0 Å². The summed E-state index contributed by atoms with van der Waals surface area (Å²) < 4.78 is 1.58. The number of nitrogens with zero attached hydrogens (tertiary/aromatic N) is 4. The Kier molecular flexibility index (Phi) is 4.74. The van der Waals surface area contributed by atoms with Gasteiger partial charge in [-0.1, -0.05) is 6.07 Å². The Morgan fingerprint density at radius 1 is 1.32 bits per heavy atom. The fourth-order valence-corrected chi connectivity index (χ4v) is 1.88. The van der Waals surface area contributed by atoms with E-state index in [2.05, 4.69) is 21.8 Å². The van der Waals surface area contributed by atoms with Gasteiger partial charge in [0.1, 0.15) is 0 Å². The van der Waals surface area contributed by atoms with E-state index in [1.54, 1.807) is 42.1 Å². The number of nitrogens with one attached hydrogen (secondary N) is 2. The van der Waals surface area contributed by atoms with Gasteiger partial charge in [0.2, 0.25) is 0 Å². The zero-order chi connectivity index (χ0) is 15.9. The molecule has 0 radical (unpaired) electrons. The van der Waals surface area contributed by atoms with Crippen LogP contribution in [0, 0.1) is 29.6 Å². The van der Waals surface area contributed by atoms with Crippen LogP contribution in [0.4, 0.5) is 16.3 Å². The number of urea groups is 1. The standard InChI is InChI=1S/C15H14N6O/c1-11-12(10-17)4-2-5-13(11)18-15(22)19-14-6-9-21(20-14)8-3-7-16/h2,4-6,9H,3,8H2,1H3,(H2,18,19,20,22). The van der Waals surface area contributed by atoms with Crippen LogP contribution >= 0.6 is 0 Å². The summed E-state index contributed by atoms with van der Waals surface area (Å²) in [6.45, 7) is 2.24. The number of hydrogen-bond acceptors (Lipinski definition) is 4. The molecule has 2 aromatic rings. The summed E-state index contributed by atoms with van der Waals surface area (Å²) in [5.41, 5.74) is 1.79. The lowest BCUT2D eigenvalue weighted by atomic mass is 10.1. The minimum Gasteiger partial charge on any atom is -0.307 e. The summed E-state index contributed by atoms with van der Waals surface area (Å²) in [5, 5.41) is 26.9. The molecule has 0 aliphatic carbocycles. The molecule has 0 spiro atoms. The molecule has 110 valence electrons. The van der Waals surface area contributed by atoms with Gasteiger partial charge in [-0.3, -0.25) is 10.00 Å². The van der Waals surface area contributed by atoms with Crippen molar-refractivity contribution in [3.8, 4) is 12.1 Å². The molecular weight excluding hydrogens is 280 g/mol. The van der Waals surface area contributed by atoms with Crippen molar-refractivity contribution < 1.29 is 4.79 Å². The quantitative estimate of drug-likeness (QED) is 0.903. The monoisotopic (exact) mass is 294 g/mol. The first-order valence-corrected chi connectivity index (χ1v) is 6.62. The fourth-order valence-electron chi connectivity index (χ4n) is 1.88. The van der Waals surface area contributed by atoms with Gasteiger partial charge in [0, 0.05) is 18.0 Å². The number of anilines is 2. The second-order valence-corrected chi connectivity index (χ2v) is 4.54. The van der Waals surface area contributed by atoms with Gasteiger partial charge in [-0.15, -0.1) is 0 Å². The number of carbonyl (C=O) groups excluding carboxylic acids is 1. The number of nitriles is 2. The van der Waals surface area contributed by atoms with Crippen molar-refractivity contribution in [1.82, 2.24) is 9.78 Å². The number of amides is 2. The minimum atomic E-state index is -0.441. The summed E-state index contributed by atoms with van der Waals surface area (Å²) >= 11 is 0. The van der Waals surface area contributed by atoms with E-state index >= 15 is 0 Å². The molecule has 2 rings (SSSR count). The van der Waals surface area contributed by atoms with Crippen LogP contribution in [0.15, 0.2) is 30.5 Å². The third-order valence-electron chi connectivity index (χ3n) is 3.04. The van der Waals surface area contributed by atoms with Gasteiger partial charge in [-0.2, -0.15) is 15.6 Å². The largest absolute Gasteiger partial charge is 0.324 e. The van der Waals surface area contributed by atoms with Gasteiger partial charge in [-0.25, -0.2) is 4.79 Å². The van der Waals surface area contributed by atoms with Crippen LogP contribution in [0.5, 0.6) is 0 Å². The van der Waals surface area contributed by atoms with Crippen molar-refractivity contribution in [3.05, 3.63) is 41.6 Å². The number of aryl methyl sites for hydroxylation is 1. The summed E-state index contributed by atoms with van der Waals surface area (Å²) in [5.74, 6) is 0.393. The first kappa shape index (κ1) is 15.1. The van der Waals surface area contributed by atoms with Gasteiger partial charge < -0.3 is 5.32 Å². The van der Waals surface area contributed by atoms with Crippen LogP contribution in [0.1, 0.15) is 17.5 Å². The Morgan fingerprint density at radius 3 is 2.86 bits per heavy atom. The molecule has 0 saturated heterocycles.